The van der Waals surface area contributed by atoms with Crippen molar-refractivity contribution in [1.29, 1.82) is 0 Å². The fourth-order valence-electron chi connectivity index (χ4n) is 2.22. The largest absolute Gasteiger partial charge is 0.383 e. The van der Waals surface area contributed by atoms with Crippen LogP contribution in [0.15, 0.2) is 35.5 Å². The van der Waals surface area contributed by atoms with Gasteiger partial charge in [-0.2, -0.15) is 0 Å². The van der Waals surface area contributed by atoms with Gasteiger partial charge in [0.15, 0.2) is 5.96 Å². The van der Waals surface area contributed by atoms with Gasteiger partial charge in [-0.3, -0.25) is 15.1 Å². The average molecular weight is 504 g/mol. The highest BCUT2D eigenvalue weighted by Crippen LogP contribution is 2.15. The second kappa shape index (κ2) is 12.4. The van der Waals surface area contributed by atoms with Crippen LogP contribution in [0.5, 0.6) is 0 Å². The number of benzene rings is 1. The van der Waals surface area contributed by atoms with Crippen LogP contribution in [0.25, 0.3) is 0 Å². The minimum absolute atomic E-state index is 0. The zero-order valence-electron chi connectivity index (χ0n) is 15.4. The van der Waals surface area contributed by atoms with Crippen molar-refractivity contribution in [2.45, 2.75) is 19.8 Å². The summed E-state index contributed by atoms with van der Waals surface area (Å²) in [5, 5.41) is 21.4. The summed E-state index contributed by atoms with van der Waals surface area (Å²) >= 11 is 1.75. The zero-order chi connectivity index (χ0) is 18.8. The Morgan fingerprint density at radius 2 is 1.93 bits per heavy atom. The lowest BCUT2D eigenvalue weighted by Crippen LogP contribution is -2.40. The second-order valence-corrected chi connectivity index (χ2v) is 6.68. The molecule has 0 amide bonds. The van der Waals surface area contributed by atoms with Gasteiger partial charge in [-0.05, 0) is 18.6 Å². The molecular weight excluding hydrogens is 479 g/mol. The first-order chi connectivity index (χ1) is 12.6. The maximum absolute atomic E-state index is 10.6. The van der Waals surface area contributed by atoms with Crippen molar-refractivity contribution in [3.8, 4) is 0 Å². The Balaban J connectivity index is 0.00000364. The highest BCUT2D eigenvalue weighted by Gasteiger charge is 2.04. The topological polar surface area (TPSA) is 104 Å². The summed E-state index contributed by atoms with van der Waals surface area (Å²) in [6, 6.07) is 6.37. The molecule has 1 aromatic heterocycles. The Bertz CT molecular complexity index is 735. The van der Waals surface area contributed by atoms with Crippen LogP contribution in [0.4, 0.5) is 11.4 Å². The van der Waals surface area contributed by atoms with Gasteiger partial charge in [0.1, 0.15) is 0 Å². The van der Waals surface area contributed by atoms with Gasteiger partial charge in [-0.15, -0.1) is 35.3 Å². The standard InChI is InChI=1S/C17H24N6O2S.HI/c1-3-15-12-22-16(26-15)8-9-20-17(18-2)21-11-10-19-13-4-6-14(7-5-13)23(24)25;/h4-7,12,19H,3,8-11H2,1-2H3,(H2,18,20,21);1H. The number of halogens is 1. The summed E-state index contributed by atoms with van der Waals surface area (Å²) in [6.07, 6.45) is 3.83. The molecule has 0 fully saturated rings. The molecule has 1 heterocycles. The predicted octanol–water partition coefficient (Wildman–Crippen LogP) is 3.05. The third-order valence-corrected chi connectivity index (χ3v) is 4.83. The Labute approximate surface area is 180 Å². The quantitative estimate of drug-likeness (QED) is 0.121. The summed E-state index contributed by atoms with van der Waals surface area (Å²) in [5.41, 5.74) is 0.931. The maximum Gasteiger partial charge on any atom is 0.269 e. The summed E-state index contributed by atoms with van der Waals surface area (Å²) in [6.45, 7) is 4.25. The van der Waals surface area contributed by atoms with Crippen molar-refractivity contribution in [1.82, 2.24) is 15.6 Å². The van der Waals surface area contributed by atoms with Crippen LogP contribution in [0, 0.1) is 10.1 Å². The van der Waals surface area contributed by atoms with E-state index in [2.05, 4.69) is 32.9 Å². The number of nitro groups is 1. The van der Waals surface area contributed by atoms with Crippen LogP contribution < -0.4 is 16.0 Å². The summed E-state index contributed by atoms with van der Waals surface area (Å²) in [4.78, 5) is 20.1. The van der Waals surface area contributed by atoms with Gasteiger partial charge in [0.25, 0.3) is 5.69 Å². The molecular formula is C17H25IN6O2S. The number of nitro benzene ring substituents is 1. The lowest BCUT2D eigenvalue weighted by Gasteiger charge is -2.12. The van der Waals surface area contributed by atoms with Gasteiger partial charge in [0.2, 0.25) is 0 Å². The van der Waals surface area contributed by atoms with Gasteiger partial charge >= 0.3 is 0 Å². The lowest BCUT2D eigenvalue weighted by atomic mass is 10.3. The van der Waals surface area contributed by atoms with E-state index in [0.29, 0.717) is 13.1 Å². The number of aliphatic imine (C=N–C) groups is 1. The molecule has 3 N–H and O–H groups in total. The summed E-state index contributed by atoms with van der Waals surface area (Å²) in [5.74, 6) is 0.739. The molecule has 0 atom stereocenters. The van der Waals surface area contributed by atoms with Crippen LogP contribution in [-0.4, -0.2) is 42.5 Å². The van der Waals surface area contributed by atoms with E-state index in [1.165, 1.54) is 17.0 Å². The van der Waals surface area contributed by atoms with E-state index in [1.807, 2.05) is 6.20 Å². The van der Waals surface area contributed by atoms with Gasteiger partial charge in [-0.1, -0.05) is 6.92 Å². The van der Waals surface area contributed by atoms with Crippen molar-refractivity contribution >= 4 is 52.6 Å². The van der Waals surface area contributed by atoms with Crippen molar-refractivity contribution in [3.63, 3.8) is 0 Å². The minimum atomic E-state index is -0.407. The molecule has 0 spiro atoms. The van der Waals surface area contributed by atoms with E-state index in [9.17, 15) is 10.1 Å². The Morgan fingerprint density at radius 1 is 1.22 bits per heavy atom. The average Bonchev–Trinajstić information content (AvgIpc) is 3.12. The third-order valence-electron chi connectivity index (χ3n) is 3.63. The Kier molecular flexibility index (Phi) is 10.6. The number of hydrogen-bond donors (Lipinski definition) is 3. The van der Waals surface area contributed by atoms with E-state index in [-0.39, 0.29) is 29.7 Å². The molecule has 0 aliphatic rings. The molecule has 0 radical (unpaired) electrons. The number of guanidine groups is 1. The molecule has 27 heavy (non-hydrogen) atoms. The van der Waals surface area contributed by atoms with Gasteiger partial charge < -0.3 is 16.0 Å². The van der Waals surface area contributed by atoms with E-state index in [4.69, 9.17) is 0 Å². The minimum Gasteiger partial charge on any atom is -0.383 e. The highest BCUT2D eigenvalue weighted by atomic mass is 127. The van der Waals surface area contributed by atoms with E-state index in [0.717, 1.165) is 36.0 Å². The lowest BCUT2D eigenvalue weighted by molar-refractivity contribution is -0.384. The first-order valence-electron chi connectivity index (χ1n) is 8.48. The molecule has 0 saturated heterocycles. The zero-order valence-corrected chi connectivity index (χ0v) is 18.5. The highest BCUT2D eigenvalue weighted by molar-refractivity contribution is 14.0. The number of non-ortho nitro benzene ring substituents is 1. The Morgan fingerprint density at radius 3 is 2.52 bits per heavy atom. The number of hydrogen-bond acceptors (Lipinski definition) is 6. The fraction of sp³-hybridized carbons (Fsp3) is 0.412. The molecule has 0 saturated carbocycles. The van der Waals surface area contributed by atoms with Crippen LogP contribution >= 0.6 is 35.3 Å². The molecule has 10 heteroatoms. The smallest absolute Gasteiger partial charge is 0.269 e. The number of nitrogens with zero attached hydrogens (tertiary/aromatic N) is 3. The molecule has 8 nitrogen and oxygen atoms in total. The fourth-order valence-corrected chi connectivity index (χ4v) is 3.09. The normalized spacial score (nSPS) is 10.8. The van der Waals surface area contributed by atoms with Crippen LogP contribution in [0.2, 0.25) is 0 Å². The number of rotatable bonds is 9. The van der Waals surface area contributed by atoms with E-state index >= 15 is 0 Å². The van der Waals surface area contributed by atoms with E-state index in [1.54, 1.807) is 30.5 Å². The summed E-state index contributed by atoms with van der Waals surface area (Å²) < 4.78 is 0. The first-order valence-corrected chi connectivity index (χ1v) is 9.30. The van der Waals surface area contributed by atoms with Crippen molar-refractivity contribution in [2.75, 3.05) is 32.0 Å². The number of aryl methyl sites for hydroxylation is 1. The predicted molar refractivity (Wildman–Crippen MR) is 122 cm³/mol. The van der Waals surface area contributed by atoms with Gasteiger partial charge in [-0.25, -0.2) is 4.98 Å². The molecule has 148 valence electrons. The van der Waals surface area contributed by atoms with Crippen LogP contribution in [0.3, 0.4) is 0 Å². The molecule has 0 aliphatic carbocycles. The van der Waals surface area contributed by atoms with Crippen molar-refractivity contribution in [2.24, 2.45) is 4.99 Å². The van der Waals surface area contributed by atoms with Crippen molar-refractivity contribution in [3.05, 3.63) is 50.5 Å². The molecule has 1 aromatic carbocycles. The number of thiazole rings is 1. The maximum atomic E-state index is 10.6. The van der Waals surface area contributed by atoms with Gasteiger partial charge in [0, 0.05) is 62.0 Å². The number of nitrogens with one attached hydrogen (secondary N) is 3. The first kappa shape index (κ1) is 23.1. The van der Waals surface area contributed by atoms with Gasteiger partial charge in [0.05, 0.1) is 9.93 Å². The van der Waals surface area contributed by atoms with E-state index < -0.39 is 4.92 Å². The van der Waals surface area contributed by atoms with Crippen molar-refractivity contribution < 1.29 is 4.92 Å². The SMILES string of the molecule is CCc1cnc(CCNC(=NC)NCCNc2ccc([N+](=O)[O-])cc2)s1.I. The second-order valence-electron chi connectivity index (χ2n) is 5.48. The third kappa shape index (κ3) is 8.08. The molecule has 2 aromatic rings. The number of aromatic nitrogens is 1. The monoisotopic (exact) mass is 504 g/mol. The summed E-state index contributed by atoms with van der Waals surface area (Å²) in [7, 11) is 1.73. The molecule has 2 rings (SSSR count). The van der Waals surface area contributed by atoms with Crippen LogP contribution in [0.1, 0.15) is 16.8 Å². The van der Waals surface area contributed by atoms with Crippen LogP contribution in [-0.2, 0) is 12.8 Å². The Hall–Kier alpha value is -1.95. The molecule has 0 bridgehead atoms. The molecule has 0 unspecified atom stereocenters. The number of anilines is 1. The molecule has 0 aliphatic heterocycles.